The maximum absolute atomic E-state index is 12.4. The number of benzene rings is 1. The van der Waals surface area contributed by atoms with E-state index < -0.39 is 6.04 Å². The van der Waals surface area contributed by atoms with Crippen LogP contribution in [0.1, 0.15) is 24.9 Å². The van der Waals surface area contributed by atoms with Gasteiger partial charge in [0, 0.05) is 31.2 Å². The molecular formula is C22H29ClN6O4. The number of anilines is 3. The summed E-state index contributed by atoms with van der Waals surface area (Å²) < 4.78 is 16.1. The molecule has 0 radical (unpaired) electrons. The van der Waals surface area contributed by atoms with Gasteiger partial charge in [-0.3, -0.25) is 4.79 Å². The average Bonchev–Trinajstić information content (AvgIpc) is 2.85. The molecule has 1 atom stereocenters. The summed E-state index contributed by atoms with van der Waals surface area (Å²) in [6, 6.07) is 6.94. The number of carbonyl (C=O) groups is 1. The van der Waals surface area contributed by atoms with Gasteiger partial charge in [0.15, 0.2) is 0 Å². The Labute approximate surface area is 198 Å². The van der Waals surface area contributed by atoms with Gasteiger partial charge in [0.1, 0.15) is 0 Å². The van der Waals surface area contributed by atoms with E-state index in [1.807, 2.05) is 18.2 Å². The van der Waals surface area contributed by atoms with Gasteiger partial charge in [-0.05, 0) is 18.6 Å². The van der Waals surface area contributed by atoms with Crippen molar-refractivity contribution < 1.29 is 19.0 Å². The second-order valence-corrected chi connectivity index (χ2v) is 8.09. The number of hydrogen-bond donors (Lipinski definition) is 1. The minimum atomic E-state index is -0.463. The van der Waals surface area contributed by atoms with Crippen LogP contribution in [0.4, 0.5) is 17.8 Å². The van der Waals surface area contributed by atoms with Gasteiger partial charge in [0.2, 0.25) is 17.8 Å². The monoisotopic (exact) mass is 476 g/mol. The molecule has 33 heavy (non-hydrogen) atoms. The van der Waals surface area contributed by atoms with E-state index in [4.69, 9.17) is 30.8 Å². The van der Waals surface area contributed by atoms with Gasteiger partial charge in [-0.2, -0.15) is 15.0 Å². The number of hydrogen-bond acceptors (Lipinski definition) is 10. The van der Waals surface area contributed by atoms with E-state index in [0.29, 0.717) is 82.1 Å². The van der Waals surface area contributed by atoms with E-state index in [9.17, 15) is 4.79 Å². The third kappa shape index (κ3) is 6.21. The highest BCUT2D eigenvalue weighted by atomic mass is 35.5. The number of morpholine rings is 2. The molecule has 2 aliphatic rings. The van der Waals surface area contributed by atoms with Crippen molar-refractivity contribution >= 4 is 35.4 Å². The van der Waals surface area contributed by atoms with Gasteiger partial charge < -0.3 is 29.3 Å². The van der Waals surface area contributed by atoms with Crippen LogP contribution < -0.4 is 15.1 Å². The summed E-state index contributed by atoms with van der Waals surface area (Å²) in [5.74, 6) is 1.20. The lowest BCUT2D eigenvalue weighted by Gasteiger charge is -2.30. The summed E-state index contributed by atoms with van der Waals surface area (Å²) in [7, 11) is 0. The largest absolute Gasteiger partial charge is 0.466 e. The molecule has 10 nitrogen and oxygen atoms in total. The molecule has 0 aliphatic carbocycles. The van der Waals surface area contributed by atoms with Crippen LogP contribution in [0.3, 0.4) is 0 Å². The Bertz CT molecular complexity index is 901. The molecule has 0 bridgehead atoms. The number of rotatable bonds is 8. The topological polar surface area (TPSA) is 102 Å². The van der Waals surface area contributed by atoms with Gasteiger partial charge >= 0.3 is 5.97 Å². The van der Waals surface area contributed by atoms with E-state index in [1.165, 1.54) is 0 Å². The standard InChI is InChI=1S/C22H29ClN6O4/c1-2-33-19(30)15-18(16-5-3-4-6-17(16)23)24-20-25-21(28-7-11-31-12-8-28)27-22(26-20)29-9-13-32-14-10-29/h3-6,18H,2,7-15H2,1H3,(H,24,25,26,27)/t18-/m0/s1. The molecule has 1 aromatic heterocycles. The second kappa shape index (κ2) is 11.4. The summed E-state index contributed by atoms with van der Waals surface area (Å²) in [4.78, 5) is 30.6. The van der Waals surface area contributed by atoms with Crippen molar-refractivity contribution in [3.8, 4) is 0 Å². The van der Waals surface area contributed by atoms with Crippen molar-refractivity contribution in [1.82, 2.24) is 15.0 Å². The quantitative estimate of drug-likeness (QED) is 0.571. The Balaban J connectivity index is 1.66. The van der Waals surface area contributed by atoms with Crippen molar-refractivity contribution in [2.45, 2.75) is 19.4 Å². The summed E-state index contributed by atoms with van der Waals surface area (Å²) in [5, 5.41) is 3.87. The molecule has 0 spiro atoms. The van der Waals surface area contributed by atoms with E-state index in [-0.39, 0.29) is 12.4 Å². The lowest BCUT2D eigenvalue weighted by molar-refractivity contribution is -0.143. The molecule has 2 aromatic rings. The predicted octanol–water partition coefficient (Wildman–Crippen LogP) is 2.30. The van der Waals surface area contributed by atoms with Crippen molar-refractivity contribution in [3.05, 3.63) is 34.9 Å². The number of esters is 1. The van der Waals surface area contributed by atoms with Gasteiger partial charge in [-0.1, -0.05) is 29.8 Å². The second-order valence-electron chi connectivity index (χ2n) is 7.69. The Morgan fingerprint density at radius 3 is 2.15 bits per heavy atom. The van der Waals surface area contributed by atoms with Crippen LogP contribution in [0.2, 0.25) is 5.02 Å². The molecule has 1 aromatic carbocycles. The van der Waals surface area contributed by atoms with Crippen molar-refractivity contribution in [2.24, 2.45) is 0 Å². The third-order valence-corrected chi connectivity index (χ3v) is 5.80. The number of halogens is 1. The van der Waals surface area contributed by atoms with Crippen LogP contribution in [0.25, 0.3) is 0 Å². The fourth-order valence-electron chi connectivity index (χ4n) is 3.77. The molecule has 0 saturated carbocycles. The first kappa shape index (κ1) is 23.5. The predicted molar refractivity (Wildman–Crippen MR) is 125 cm³/mol. The van der Waals surface area contributed by atoms with E-state index in [2.05, 4.69) is 25.1 Å². The number of nitrogens with zero attached hydrogens (tertiary/aromatic N) is 5. The van der Waals surface area contributed by atoms with Crippen LogP contribution in [-0.2, 0) is 19.0 Å². The van der Waals surface area contributed by atoms with Gasteiger partial charge in [0.25, 0.3) is 0 Å². The molecule has 2 saturated heterocycles. The molecule has 2 fully saturated rings. The number of nitrogens with one attached hydrogen (secondary N) is 1. The average molecular weight is 477 g/mol. The highest BCUT2D eigenvalue weighted by Gasteiger charge is 2.24. The molecule has 1 N–H and O–H groups in total. The first-order chi connectivity index (χ1) is 16.1. The molecule has 2 aliphatic heterocycles. The Morgan fingerprint density at radius 2 is 1.61 bits per heavy atom. The van der Waals surface area contributed by atoms with Gasteiger partial charge in [0.05, 0.1) is 45.5 Å². The highest BCUT2D eigenvalue weighted by Crippen LogP contribution is 2.29. The summed E-state index contributed by atoms with van der Waals surface area (Å²) in [6.07, 6.45) is 0.0863. The minimum absolute atomic E-state index is 0.0863. The van der Waals surface area contributed by atoms with Gasteiger partial charge in [-0.15, -0.1) is 0 Å². The molecule has 3 heterocycles. The smallest absolute Gasteiger partial charge is 0.308 e. The maximum Gasteiger partial charge on any atom is 0.308 e. The lowest BCUT2D eigenvalue weighted by atomic mass is 10.0. The van der Waals surface area contributed by atoms with E-state index >= 15 is 0 Å². The maximum atomic E-state index is 12.4. The zero-order valence-corrected chi connectivity index (χ0v) is 19.5. The van der Waals surface area contributed by atoms with Crippen molar-refractivity contribution in [3.63, 3.8) is 0 Å². The van der Waals surface area contributed by atoms with Crippen LogP contribution in [-0.4, -0.2) is 80.1 Å². The molecule has 0 amide bonds. The summed E-state index contributed by atoms with van der Waals surface area (Å²) >= 11 is 6.46. The lowest BCUT2D eigenvalue weighted by Crippen LogP contribution is -2.40. The third-order valence-electron chi connectivity index (χ3n) is 5.46. The molecule has 0 unspecified atom stereocenters. The zero-order chi connectivity index (χ0) is 23.0. The van der Waals surface area contributed by atoms with Crippen molar-refractivity contribution in [1.29, 1.82) is 0 Å². The van der Waals surface area contributed by atoms with Crippen LogP contribution in [0, 0.1) is 0 Å². The van der Waals surface area contributed by atoms with Crippen LogP contribution >= 0.6 is 11.6 Å². The Hall–Kier alpha value is -2.69. The number of aromatic nitrogens is 3. The number of ether oxygens (including phenoxy) is 3. The van der Waals surface area contributed by atoms with Crippen LogP contribution in [0.15, 0.2) is 24.3 Å². The first-order valence-electron chi connectivity index (χ1n) is 11.2. The zero-order valence-electron chi connectivity index (χ0n) is 18.7. The van der Waals surface area contributed by atoms with Crippen LogP contribution in [0.5, 0.6) is 0 Å². The normalized spacial score (nSPS) is 17.5. The highest BCUT2D eigenvalue weighted by molar-refractivity contribution is 6.31. The first-order valence-corrected chi connectivity index (χ1v) is 11.6. The Kier molecular flexibility index (Phi) is 8.14. The summed E-state index contributed by atoms with van der Waals surface area (Å²) in [5.41, 5.74) is 0.772. The number of carbonyl (C=O) groups excluding carboxylic acids is 1. The molecule has 11 heteroatoms. The molecule has 4 rings (SSSR count). The minimum Gasteiger partial charge on any atom is -0.466 e. The van der Waals surface area contributed by atoms with E-state index in [1.54, 1.807) is 13.0 Å². The molecule has 178 valence electrons. The fraction of sp³-hybridized carbons (Fsp3) is 0.545. The van der Waals surface area contributed by atoms with E-state index in [0.717, 1.165) is 5.56 Å². The van der Waals surface area contributed by atoms with Crippen molar-refractivity contribution in [2.75, 3.05) is 74.3 Å². The van der Waals surface area contributed by atoms with Gasteiger partial charge in [-0.25, -0.2) is 0 Å². The fourth-order valence-corrected chi connectivity index (χ4v) is 4.03. The summed E-state index contributed by atoms with van der Waals surface area (Å²) in [6.45, 7) is 7.35. The Morgan fingerprint density at radius 1 is 1.03 bits per heavy atom. The SMILES string of the molecule is CCOC(=O)C[C@H](Nc1nc(N2CCOCC2)nc(N2CCOCC2)n1)c1ccccc1Cl. The molecular weight excluding hydrogens is 448 g/mol.